The van der Waals surface area contributed by atoms with Crippen molar-refractivity contribution in [1.82, 2.24) is 19.7 Å². The van der Waals surface area contributed by atoms with Gasteiger partial charge in [0.2, 0.25) is 5.91 Å². The van der Waals surface area contributed by atoms with Gasteiger partial charge in [-0.25, -0.2) is 0 Å². The molecule has 1 fully saturated rings. The molecule has 0 spiro atoms. The van der Waals surface area contributed by atoms with Crippen molar-refractivity contribution in [2.75, 3.05) is 46.8 Å². The van der Waals surface area contributed by atoms with E-state index in [-0.39, 0.29) is 11.8 Å². The number of carbonyl (C=O) groups excluding carboxylic acids is 2. The van der Waals surface area contributed by atoms with E-state index >= 15 is 0 Å². The number of amides is 2. The lowest BCUT2D eigenvalue weighted by molar-refractivity contribution is -0.129. The highest BCUT2D eigenvalue weighted by molar-refractivity contribution is 5.95. The Balaban J connectivity index is 1.67. The highest BCUT2D eigenvalue weighted by Gasteiger charge is 2.22. The normalized spacial score (nSPS) is 15.3. The lowest BCUT2D eigenvalue weighted by Crippen LogP contribution is -2.39. The molecule has 0 saturated carbocycles. The minimum atomic E-state index is 0.0479. The summed E-state index contributed by atoms with van der Waals surface area (Å²) in [5, 5.41) is 0. The Morgan fingerprint density at radius 1 is 1.00 bits per heavy atom. The Labute approximate surface area is 160 Å². The molecule has 0 bridgehead atoms. The quantitative estimate of drug-likeness (QED) is 0.830. The van der Waals surface area contributed by atoms with Crippen LogP contribution in [0.1, 0.15) is 16.8 Å². The van der Waals surface area contributed by atoms with Crippen LogP contribution >= 0.6 is 0 Å². The number of aromatic nitrogens is 1. The van der Waals surface area contributed by atoms with E-state index in [0.29, 0.717) is 25.2 Å². The Hall–Kier alpha value is -2.73. The van der Waals surface area contributed by atoms with Crippen LogP contribution in [0, 0.1) is 0 Å². The van der Waals surface area contributed by atoms with Crippen molar-refractivity contribution in [3.05, 3.63) is 54.4 Å². The second kappa shape index (κ2) is 8.77. The fraction of sp³-hybridized carbons (Fsp3) is 0.381. The topological polar surface area (TPSA) is 56.8 Å². The van der Waals surface area contributed by atoms with Crippen LogP contribution in [0.5, 0.6) is 0 Å². The SMILES string of the molecule is CN(C)C(=O)CN1CCCN(C(=O)c2cccc(-c3ccncc3)c2)CC1. The largest absolute Gasteiger partial charge is 0.348 e. The van der Waals surface area contributed by atoms with Crippen LogP contribution in [0.15, 0.2) is 48.8 Å². The second-order valence-electron chi connectivity index (χ2n) is 7.03. The molecule has 6 nitrogen and oxygen atoms in total. The molecule has 0 atom stereocenters. The zero-order valence-electron chi connectivity index (χ0n) is 16.0. The van der Waals surface area contributed by atoms with Gasteiger partial charge in [0.25, 0.3) is 5.91 Å². The molecule has 0 aliphatic carbocycles. The Morgan fingerprint density at radius 3 is 2.52 bits per heavy atom. The summed E-state index contributed by atoms with van der Waals surface area (Å²) >= 11 is 0. The first-order valence-electron chi connectivity index (χ1n) is 9.27. The predicted molar refractivity (Wildman–Crippen MR) is 105 cm³/mol. The third-order valence-corrected chi connectivity index (χ3v) is 4.86. The molecule has 1 aliphatic heterocycles. The van der Waals surface area contributed by atoms with E-state index in [2.05, 4.69) is 9.88 Å². The Bertz CT molecular complexity index is 792. The van der Waals surface area contributed by atoms with E-state index < -0.39 is 0 Å². The van der Waals surface area contributed by atoms with Crippen molar-refractivity contribution < 1.29 is 9.59 Å². The molecule has 1 aromatic heterocycles. The maximum absolute atomic E-state index is 13.0. The van der Waals surface area contributed by atoms with Crippen LogP contribution in [0.4, 0.5) is 0 Å². The molecule has 6 heteroatoms. The maximum atomic E-state index is 13.0. The van der Waals surface area contributed by atoms with Crippen LogP contribution < -0.4 is 0 Å². The lowest BCUT2D eigenvalue weighted by atomic mass is 10.0. The summed E-state index contributed by atoms with van der Waals surface area (Å²) in [7, 11) is 3.54. The van der Waals surface area contributed by atoms with Gasteiger partial charge in [0.15, 0.2) is 0 Å². The van der Waals surface area contributed by atoms with Crippen LogP contribution in [-0.4, -0.2) is 78.3 Å². The van der Waals surface area contributed by atoms with Gasteiger partial charge in [-0.2, -0.15) is 0 Å². The van der Waals surface area contributed by atoms with Crippen molar-refractivity contribution in [2.45, 2.75) is 6.42 Å². The predicted octanol–water partition coefficient (Wildman–Crippen LogP) is 1.98. The number of benzene rings is 1. The molecule has 2 aromatic rings. The van der Waals surface area contributed by atoms with Gasteiger partial charge in [-0.15, -0.1) is 0 Å². The van der Waals surface area contributed by atoms with Crippen molar-refractivity contribution in [2.24, 2.45) is 0 Å². The summed E-state index contributed by atoms with van der Waals surface area (Å²) in [5.41, 5.74) is 2.75. The van der Waals surface area contributed by atoms with Crippen LogP contribution in [0.25, 0.3) is 11.1 Å². The summed E-state index contributed by atoms with van der Waals surface area (Å²) in [6.45, 7) is 3.31. The molecule has 0 N–H and O–H groups in total. The van der Waals surface area contributed by atoms with E-state index in [4.69, 9.17) is 0 Å². The molecular formula is C21H26N4O2. The van der Waals surface area contributed by atoms with E-state index in [0.717, 1.165) is 30.6 Å². The molecule has 142 valence electrons. The molecule has 1 aliphatic rings. The smallest absolute Gasteiger partial charge is 0.253 e. The molecule has 0 unspecified atom stereocenters. The van der Waals surface area contributed by atoms with Gasteiger partial charge >= 0.3 is 0 Å². The Morgan fingerprint density at radius 2 is 1.78 bits per heavy atom. The van der Waals surface area contributed by atoms with Crippen LogP contribution in [-0.2, 0) is 4.79 Å². The fourth-order valence-electron chi connectivity index (χ4n) is 3.22. The first-order chi connectivity index (χ1) is 13.0. The molecule has 1 aromatic carbocycles. The molecule has 2 heterocycles. The van der Waals surface area contributed by atoms with E-state index in [9.17, 15) is 9.59 Å². The highest BCUT2D eigenvalue weighted by Crippen LogP contribution is 2.20. The van der Waals surface area contributed by atoms with Crippen molar-refractivity contribution in [1.29, 1.82) is 0 Å². The highest BCUT2D eigenvalue weighted by atomic mass is 16.2. The molecule has 1 saturated heterocycles. The average molecular weight is 366 g/mol. The fourth-order valence-corrected chi connectivity index (χ4v) is 3.22. The monoisotopic (exact) mass is 366 g/mol. The Kier molecular flexibility index (Phi) is 6.19. The molecule has 3 rings (SSSR count). The third kappa shape index (κ3) is 4.92. The zero-order valence-corrected chi connectivity index (χ0v) is 16.0. The van der Waals surface area contributed by atoms with Gasteiger partial charge in [0, 0.05) is 58.2 Å². The van der Waals surface area contributed by atoms with Gasteiger partial charge in [0.1, 0.15) is 0 Å². The summed E-state index contributed by atoms with van der Waals surface area (Å²) in [4.78, 5) is 34.6. The average Bonchev–Trinajstić information content (AvgIpc) is 2.93. The lowest BCUT2D eigenvalue weighted by Gasteiger charge is -2.23. The molecule has 2 amide bonds. The number of carbonyl (C=O) groups is 2. The molecular weight excluding hydrogens is 340 g/mol. The van der Waals surface area contributed by atoms with Gasteiger partial charge in [-0.3, -0.25) is 19.5 Å². The minimum absolute atomic E-state index is 0.0479. The van der Waals surface area contributed by atoms with Crippen molar-refractivity contribution >= 4 is 11.8 Å². The van der Waals surface area contributed by atoms with Crippen molar-refractivity contribution in [3.8, 4) is 11.1 Å². The number of nitrogens with zero attached hydrogens (tertiary/aromatic N) is 4. The third-order valence-electron chi connectivity index (χ3n) is 4.86. The van der Waals surface area contributed by atoms with Crippen LogP contribution in [0.2, 0.25) is 0 Å². The standard InChI is InChI=1S/C21H26N4O2/c1-23(2)20(26)16-24-11-4-12-25(14-13-24)21(27)19-6-3-5-18(15-19)17-7-9-22-10-8-17/h3,5-10,15H,4,11-14,16H2,1-2H3. The maximum Gasteiger partial charge on any atom is 0.253 e. The number of hydrogen-bond acceptors (Lipinski definition) is 4. The second-order valence-corrected chi connectivity index (χ2v) is 7.03. The first kappa shape index (κ1) is 19.0. The van der Waals surface area contributed by atoms with Crippen LogP contribution in [0.3, 0.4) is 0 Å². The summed E-state index contributed by atoms with van der Waals surface area (Å²) in [6.07, 6.45) is 4.38. The van der Waals surface area contributed by atoms with E-state index in [1.807, 2.05) is 41.3 Å². The number of likely N-dealkylation sites (N-methyl/N-ethyl adjacent to an activating group) is 1. The van der Waals surface area contributed by atoms with Gasteiger partial charge in [-0.05, 0) is 41.8 Å². The number of rotatable bonds is 4. The summed E-state index contributed by atoms with van der Waals surface area (Å²) in [5.74, 6) is 0.145. The number of hydrogen-bond donors (Lipinski definition) is 0. The number of pyridine rings is 1. The first-order valence-corrected chi connectivity index (χ1v) is 9.27. The summed E-state index contributed by atoms with van der Waals surface area (Å²) < 4.78 is 0. The van der Waals surface area contributed by atoms with Gasteiger partial charge < -0.3 is 9.80 Å². The minimum Gasteiger partial charge on any atom is -0.348 e. The van der Waals surface area contributed by atoms with Crippen molar-refractivity contribution in [3.63, 3.8) is 0 Å². The summed E-state index contributed by atoms with van der Waals surface area (Å²) in [6, 6.07) is 11.6. The zero-order chi connectivity index (χ0) is 19.2. The van der Waals surface area contributed by atoms with Gasteiger partial charge in [-0.1, -0.05) is 12.1 Å². The van der Waals surface area contributed by atoms with Gasteiger partial charge in [0.05, 0.1) is 6.54 Å². The van der Waals surface area contributed by atoms with E-state index in [1.54, 1.807) is 31.4 Å². The molecule has 27 heavy (non-hydrogen) atoms. The molecule has 0 radical (unpaired) electrons. The van der Waals surface area contributed by atoms with E-state index in [1.165, 1.54) is 0 Å².